The summed E-state index contributed by atoms with van der Waals surface area (Å²) >= 11 is 13.1. The summed E-state index contributed by atoms with van der Waals surface area (Å²) in [5.41, 5.74) is 4.45. The summed E-state index contributed by atoms with van der Waals surface area (Å²) in [6.07, 6.45) is -0.241. The Kier molecular flexibility index (Phi) is 9.28. The van der Waals surface area contributed by atoms with Gasteiger partial charge in [0, 0.05) is 33.3 Å². The molecular weight excluding hydrogens is 597 g/mol. The number of amides is 2. The van der Waals surface area contributed by atoms with Gasteiger partial charge in [-0.25, -0.2) is 4.79 Å². The Bertz CT molecular complexity index is 1700. The van der Waals surface area contributed by atoms with Crippen LogP contribution in [0.3, 0.4) is 0 Å². The third-order valence-corrected chi connectivity index (χ3v) is 7.62. The fourth-order valence-corrected chi connectivity index (χ4v) is 5.34. The topological polar surface area (TPSA) is 80.2 Å². The van der Waals surface area contributed by atoms with Crippen LogP contribution in [0.4, 0.5) is 16.2 Å². The van der Waals surface area contributed by atoms with Crippen molar-refractivity contribution < 1.29 is 19.1 Å². The van der Waals surface area contributed by atoms with Crippen LogP contribution < -0.4 is 15.0 Å². The Balaban J connectivity index is 1.57. The zero-order valence-corrected chi connectivity index (χ0v) is 26.4. The molecule has 0 saturated heterocycles. The van der Waals surface area contributed by atoms with E-state index in [1.54, 1.807) is 51.0 Å². The van der Waals surface area contributed by atoms with Gasteiger partial charge in [0.15, 0.2) is 0 Å². The number of benzodiazepines with no additional fused rings is 1. The molecule has 44 heavy (non-hydrogen) atoms. The maximum Gasteiger partial charge on any atom is 0.412 e. The van der Waals surface area contributed by atoms with Gasteiger partial charge < -0.3 is 14.4 Å². The van der Waals surface area contributed by atoms with Gasteiger partial charge in [-0.3, -0.25) is 15.1 Å². The van der Waals surface area contributed by atoms with Crippen molar-refractivity contribution in [2.75, 3.05) is 17.3 Å². The van der Waals surface area contributed by atoms with Gasteiger partial charge >= 0.3 is 6.09 Å². The lowest BCUT2D eigenvalue weighted by atomic mass is 9.99. The molecule has 0 radical (unpaired) electrons. The lowest BCUT2D eigenvalue weighted by Gasteiger charge is -2.26. The lowest BCUT2D eigenvalue weighted by molar-refractivity contribution is -0.119. The Morgan fingerprint density at radius 1 is 0.955 bits per heavy atom. The average molecular weight is 631 g/mol. The second-order valence-corrected chi connectivity index (χ2v) is 12.3. The van der Waals surface area contributed by atoms with Crippen LogP contribution >= 0.6 is 23.2 Å². The highest BCUT2D eigenvalue weighted by Crippen LogP contribution is 2.34. The first kappa shape index (κ1) is 31.1. The second kappa shape index (κ2) is 13.1. The zero-order valence-electron chi connectivity index (χ0n) is 24.9. The summed E-state index contributed by atoms with van der Waals surface area (Å²) in [6, 6.07) is 27.0. The van der Waals surface area contributed by atoms with E-state index in [-0.39, 0.29) is 5.91 Å². The van der Waals surface area contributed by atoms with E-state index in [2.05, 4.69) is 5.32 Å². The molecule has 7 nitrogen and oxygen atoms in total. The standard InChI is InChI=1S/C35H33Cl2N3O4/c1-35(2,3)44-34(42)38-26-14-11-23(12-15-26)32-28-20-25(36)13-18-31(28)40(21-22-9-16-27(43-4)17-10-22)33(41)30(39-32)19-24-7-5-6-8-29(24)37/h5-18,20,30H,19,21H2,1-4H3,(H,38,42). The minimum Gasteiger partial charge on any atom is -0.497 e. The van der Waals surface area contributed by atoms with Gasteiger partial charge in [-0.05, 0) is 80.4 Å². The predicted molar refractivity (Wildman–Crippen MR) is 177 cm³/mol. The second-order valence-electron chi connectivity index (χ2n) is 11.4. The number of ether oxygens (including phenoxy) is 2. The first-order chi connectivity index (χ1) is 21.0. The van der Waals surface area contributed by atoms with E-state index in [0.717, 1.165) is 22.4 Å². The van der Waals surface area contributed by atoms with Crippen LogP contribution in [0.2, 0.25) is 10.0 Å². The highest BCUT2D eigenvalue weighted by atomic mass is 35.5. The zero-order chi connectivity index (χ0) is 31.4. The molecule has 0 aliphatic carbocycles. The highest BCUT2D eigenvalue weighted by Gasteiger charge is 2.33. The number of carbonyl (C=O) groups excluding carboxylic acids is 2. The summed E-state index contributed by atoms with van der Waals surface area (Å²) in [6.45, 7) is 5.74. The number of aliphatic imine (C=N–C) groups is 1. The average Bonchev–Trinajstić information content (AvgIpc) is 3.08. The van der Waals surface area contributed by atoms with Crippen molar-refractivity contribution in [2.24, 2.45) is 4.99 Å². The number of anilines is 2. The SMILES string of the molecule is COc1ccc(CN2C(=O)C(Cc3ccccc3Cl)N=C(c3ccc(NC(=O)OC(C)(C)C)cc3)c3cc(Cl)ccc32)cc1. The number of benzene rings is 4. The molecular formula is C35H33Cl2N3O4. The van der Waals surface area contributed by atoms with Crippen LogP contribution in [-0.2, 0) is 22.5 Å². The molecule has 5 rings (SSSR count). The van der Waals surface area contributed by atoms with Gasteiger partial charge in [0.2, 0.25) is 0 Å². The summed E-state index contributed by atoms with van der Waals surface area (Å²) in [4.78, 5) is 33.5. The van der Waals surface area contributed by atoms with E-state index in [9.17, 15) is 9.59 Å². The number of halogens is 2. The van der Waals surface area contributed by atoms with E-state index >= 15 is 0 Å². The van der Waals surface area contributed by atoms with Gasteiger partial charge in [0.1, 0.15) is 17.4 Å². The minimum atomic E-state index is -0.770. The molecule has 4 aromatic rings. The van der Waals surface area contributed by atoms with Gasteiger partial charge in [0.25, 0.3) is 5.91 Å². The number of hydrogen-bond acceptors (Lipinski definition) is 5. The molecule has 0 aromatic heterocycles. The van der Waals surface area contributed by atoms with E-state index in [1.807, 2.05) is 72.8 Å². The molecule has 0 fully saturated rings. The van der Waals surface area contributed by atoms with Crippen molar-refractivity contribution in [3.63, 3.8) is 0 Å². The van der Waals surface area contributed by atoms with Crippen LogP contribution in [0, 0.1) is 0 Å². The molecule has 0 saturated carbocycles. The van der Waals surface area contributed by atoms with Crippen LogP contribution in [0.1, 0.15) is 43.0 Å². The Labute approximate surface area is 267 Å². The normalized spacial score (nSPS) is 14.8. The third-order valence-electron chi connectivity index (χ3n) is 7.02. The first-order valence-electron chi connectivity index (χ1n) is 14.2. The quantitative estimate of drug-likeness (QED) is 0.223. The van der Waals surface area contributed by atoms with Gasteiger partial charge in [-0.2, -0.15) is 0 Å². The van der Waals surface area contributed by atoms with Crippen molar-refractivity contribution in [3.8, 4) is 5.75 Å². The first-order valence-corrected chi connectivity index (χ1v) is 14.9. The predicted octanol–water partition coefficient (Wildman–Crippen LogP) is 8.34. The molecule has 226 valence electrons. The molecule has 1 heterocycles. The minimum absolute atomic E-state index is 0.164. The summed E-state index contributed by atoms with van der Waals surface area (Å²) in [5.74, 6) is 0.567. The van der Waals surface area contributed by atoms with Crippen molar-refractivity contribution >= 4 is 52.3 Å². The summed E-state index contributed by atoms with van der Waals surface area (Å²) in [7, 11) is 1.62. The van der Waals surface area contributed by atoms with Crippen LogP contribution in [0.25, 0.3) is 0 Å². The molecule has 2 amide bonds. The highest BCUT2D eigenvalue weighted by molar-refractivity contribution is 6.32. The number of nitrogens with one attached hydrogen (secondary N) is 1. The third kappa shape index (κ3) is 7.41. The molecule has 9 heteroatoms. The maximum absolute atomic E-state index is 14.4. The Hall–Kier alpha value is -4.33. The lowest BCUT2D eigenvalue weighted by Crippen LogP contribution is -2.38. The number of nitrogens with zero attached hydrogens (tertiary/aromatic N) is 2. The van der Waals surface area contributed by atoms with Crippen molar-refractivity contribution in [1.29, 1.82) is 0 Å². The number of methoxy groups -OCH3 is 1. The smallest absolute Gasteiger partial charge is 0.412 e. The fraction of sp³-hybridized carbons (Fsp3) is 0.229. The van der Waals surface area contributed by atoms with Gasteiger partial charge in [-0.15, -0.1) is 0 Å². The maximum atomic E-state index is 14.4. The molecule has 1 N–H and O–H groups in total. The molecule has 0 spiro atoms. The van der Waals surface area contributed by atoms with Gasteiger partial charge in [0.05, 0.1) is 25.1 Å². The molecule has 1 unspecified atom stereocenters. The Morgan fingerprint density at radius 3 is 2.32 bits per heavy atom. The monoisotopic (exact) mass is 629 g/mol. The largest absolute Gasteiger partial charge is 0.497 e. The van der Waals surface area contributed by atoms with Crippen molar-refractivity contribution in [3.05, 3.63) is 123 Å². The van der Waals surface area contributed by atoms with Crippen molar-refractivity contribution in [1.82, 2.24) is 0 Å². The molecule has 1 atom stereocenters. The van der Waals surface area contributed by atoms with E-state index in [4.69, 9.17) is 37.7 Å². The van der Waals surface area contributed by atoms with Crippen LogP contribution in [-0.4, -0.2) is 36.5 Å². The number of hydrogen-bond donors (Lipinski definition) is 1. The van der Waals surface area contributed by atoms with Crippen molar-refractivity contribution in [2.45, 2.75) is 45.4 Å². The molecule has 1 aliphatic heterocycles. The fourth-order valence-electron chi connectivity index (χ4n) is 4.96. The summed E-state index contributed by atoms with van der Waals surface area (Å²) < 4.78 is 10.7. The molecule has 4 aromatic carbocycles. The van der Waals surface area contributed by atoms with E-state index in [0.29, 0.717) is 45.7 Å². The Morgan fingerprint density at radius 2 is 1.66 bits per heavy atom. The van der Waals surface area contributed by atoms with E-state index in [1.165, 1.54) is 0 Å². The molecule has 0 bridgehead atoms. The number of fused-ring (bicyclic) bond motifs is 1. The molecule has 1 aliphatic rings. The van der Waals surface area contributed by atoms with Crippen LogP contribution in [0.15, 0.2) is 96.0 Å². The van der Waals surface area contributed by atoms with Crippen LogP contribution in [0.5, 0.6) is 5.75 Å². The number of rotatable bonds is 7. The summed E-state index contributed by atoms with van der Waals surface area (Å²) in [5, 5.41) is 3.84. The van der Waals surface area contributed by atoms with Gasteiger partial charge in [-0.1, -0.05) is 65.7 Å². The van der Waals surface area contributed by atoms with E-state index < -0.39 is 17.7 Å². The number of carbonyl (C=O) groups is 2.